The molecule has 0 aromatic heterocycles. The van der Waals surface area contributed by atoms with E-state index >= 15 is 0 Å². The molecule has 2 aliphatic rings. The van der Waals surface area contributed by atoms with E-state index in [0.717, 1.165) is 12.0 Å². The summed E-state index contributed by atoms with van der Waals surface area (Å²) < 4.78 is 31.1. The molecule has 2 saturated heterocycles. The third kappa shape index (κ3) is 7.54. The van der Waals surface area contributed by atoms with Crippen molar-refractivity contribution in [2.24, 2.45) is 0 Å². The lowest BCUT2D eigenvalue weighted by Gasteiger charge is -2.40. The molecule has 0 radical (unpaired) electrons. The quantitative estimate of drug-likeness (QED) is 0.357. The van der Waals surface area contributed by atoms with Crippen LogP contribution in [0, 0.1) is 0 Å². The van der Waals surface area contributed by atoms with Gasteiger partial charge in [-0.2, -0.15) is 0 Å². The van der Waals surface area contributed by atoms with E-state index in [4.69, 9.17) is 23.7 Å². The normalized spacial score (nSPS) is 29.7. The second-order valence-corrected chi connectivity index (χ2v) is 9.38. The molecule has 176 valence electrons. The number of unbranched alkanes of at least 4 members (excludes halogenated alkanes) is 7. The Kier molecular flexibility index (Phi) is 9.79. The van der Waals surface area contributed by atoms with E-state index in [0.29, 0.717) is 13.2 Å². The monoisotopic (exact) mass is 434 g/mol. The molecule has 1 aromatic carbocycles. The fourth-order valence-electron chi connectivity index (χ4n) is 4.47. The lowest BCUT2D eigenvalue weighted by atomic mass is 9.99. The van der Waals surface area contributed by atoms with Crippen molar-refractivity contribution < 1.29 is 23.7 Å². The summed E-state index contributed by atoms with van der Waals surface area (Å²) in [5, 5.41) is 0. The fraction of sp³-hybridized carbons (Fsp3) is 0.769. The summed E-state index contributed by atoms with van der Waals surface area (Å²) in [5.74, 6) is -0.645. The molecule has 0 saturated carbocycles. The van der Waals surface area contributed by atoms with Gasteiger partial charge in [0.15, 0.2) is 12.1 Å². The van der Waals surface area contributed by atoms with E-state index in [1.807, 2.05) is 39.0 Å². The van der Waals surface area contributed by atoms with Crippen LogP contribution in [0.4, 0.5) is 0 Å². The highest BCUT2D eigenvalue weighted by molar-refractivity contribution is 5.13. The highest BCUT2D eigenvalue weighted by Crippen LogP contribution is 2.39. The molecule has 2 fully saturated rings. The highest BCUT2D eigenvalue weighted by Gasteiger charge is 2.54. The van der Waals surface area contributed by atoms with Crippen LogP contribution in [0.3, 0.4) is 0 Å². The van der Waals surface area contributed by atoms with Gasteiger partial charge in [0, 0.05) is 6.61 Å². The van der Waals surface area contributed by atoms with E-state index in [1.54, 1.807) is 0 Å². The van der Waals surface area contributed by atoms with E-state index in [1.165, 1.54) is 44.9 Å². The van der Waals surface area contributed by atoms with Crippen LogP contribution >= 0.6 is 0 Å². The van der Waals surface area contributed by atoms with Gasteiger partial charge in [0.25, 0.3) is 0 Å². The van der Waals surface area contributed by atoms with Crippen molar-refractivity contribution in [3.05, 3.63) is 35.9 Å². The van der Waals surface area contributed by atoms with Gasteiger partial charge in [-0.15, -0.1) is 0 Å². The predicted octanol–water partition coefficient (Wildman–Crippen LogP) is 5.99. The molecule has 1 aromatic rings. The molecule has 5 heteroatoms. The zero-order valence-corrected chi connectivity index (χ0v) is 19.9. The molecule has 2 heterocycles. The summed E-state index contributed by atoms with van der Waals surface area (Å²) in [6.07, 6.45) is 8.99. The van der Waals surface area contributed by atoms with Crippen LogP contribution in [0.2, 0.25) is 0 Å². The minimum atomic E-state index is -0.645. The van der Waals surface area contributed by atoms with Crippen LogP contribution in [0.15, 0.2) is 30.3 Å². The first-order chi connectivity index (χ1) is 15.0. The Morgan fingerprint density at radius 2 is 1.48 bits per heavy atom. The van der Waals surface area contributed by atoms with Crippen LogP contribution in [0.5, 0.6) is 0 Å². The SMILES string of the molecule is CCCCCCCCCCO[C@@H]1O[C@@H](C)[C@H]2OC(C)(C)O[C@H]2[C@@H]1OCc1ccccc1. The second-order valence-electron chi connectivity index (χ2n) is 9.38. The summed E-state index contributed by atoms with van der Waals surface area (Å²) in [7, 11) is 0. The van der Waals surface area contributed by atoms with Gasteiger partial charge in [-0.3, -0.25) is 0 Å². The highest BCUT2D eigenvalue weighted by atomic mass is 16.8. The average molecular weight is 435 g/mol. The van der Waals surface area contributed by atoms with Crippen molar-refractivity contribution >= 4 is 0 Å². The van der Waals surface area contributed by atoms with Crippen LogP contribution in [0.1, 0.15) is 84.6 Å². The van der Waals surface area contributed by atoms with Crippen molar-refractivity contribution in [3.63, 3.8) is 0 Å². The molecular weight excluding hydrogens is 392 g/mol. The first-order valence-corrected chi connectivity index (χ1v) is 12.3. The van der Waals surface area contributed by atoms with Gasteiger partial charge in [-0.05, 0) is 32.8 Å². The van der Waals surface area contributed by atoms with E-state index in [9.17, 15) is 0 Å². The van der Waals surface area contributed by atoms with Crippen LogP contribution < -0.4 is 0 Å². The van der Waals surface area contributed by atoms with Crippen molar-refractivity contribution in [2.45, 2.75) is 122 Å². The van der Waals surface area contributed by atoms with E-state index < -0.39 is 12.1 Å². The van der Waals surface area contributed by atoms with Crippen molar-refractivity contribution in [2.75, 3.05) is 6.61 Å². The zero-order chi connectivity index (χ0) is 22.1. The molecular formula is C26H42O5. The lowest BCUT2D eigenvalue weighted by molar-refractivity contribution is -0.286. The molecule has 0 spiro atoms. The van der Waals surface area contributed by atoms with Crippen molar-refractivity contribution in [1.82, 2.24) is 0 Å². The number of hydrogen-bond acceptors (Lipinski definition) is 5. The van der Waals surface area contributed by atoms with Crippen LogP contribution in [0.25, 0.3) is 0 Å². The number of rotatable bonds is 13. The summed E-state index contributed by atoms with van der Waals surface area (Å²) in [4.78, 5) is 0. The van der Waals surface area contributed by atoms with E-state index in [2.05, 4.69) is 19.1 Å². The first kappa shape index (κ1) is 24.7. The Morgan fingerprint density at radius 3 is 2.19 bits per heavy atom. The van der Waals surface area contributed by atoms with Gasteiger partial charge in [-0.25, -0.2) is 0 Å². The summed E-state index contributed by atoms with van der Waals surface area (Å²) in [6, 6.07) is 10.2. The smallest absolute Gasteiger partial charge is 0.186 e. The second kappa shape index (κ2) is 12.3. The fourth-order valence-corrected chi connectivity index (χ4v) is 4.47. The Balaban J connectivity index is 1.50. The topological polar surface area (TPSA) is 46.2 Å². The molecule has 5 nitrogen and oxygen atoms in total. The number of ether oxygens (including phenoxy) is 5. The first-order valence-electron chi connectivity index (χ1n) is 12.3. The van der Waals surface area contributed by atoms with Crippen LogP contribution in [-0.4, -0.2) is 43.1 Å². The molecule has 31 heavy (non-hydrogen) atoms. The Labute approximate surface area is 188 Å². The maximum atomic E-state index is 6.32. The Morgan fingerprint density at radius 1 is 0.839 bits per heavy atom. The third-order valence-electron chi connectivity index (χ3n) is 6.13. The largest absolute Gasteiger partial charge is 0.365 e. The molecule has 0 aliphatic carbocycles. The van der Waals surface area contributed by atoms with Gasteiger partial charge in [0.2, 0.25) is 0 Å². The Bertz CT molecular complexity index is 619. The average Bonchev–Trinajstić information content (AvgIpc) is 3.08. The van der Waals surface area contributed by atoms with Crippen LogP contribution in [-0.2, 0) is 30.3 Å². The molecule has 0 amide bonds. The van der Waals surface area contributed by atoms with Crippen molar-refractivity contribution in [1.29, 1.82) is 0 Å². The van der Waals surface area contributed by atoms with E-state index in [-0.39, 0.29) is 24.4 Å². The zero-order valence-electron chi connectivity index (χ0n) is 19.9. The van der Waals surface area contributed by atoms with Gasteiger partial charge in [-0.1, -0.05) is 82.2 Å². The molecule has 0 N–H and O–H groups in total. The maximum absolute atomic E-state index is 6.32. The van der Waals surface area contributed by atoms with Gasteiger partial charge < -0.3 is 23.7 Å². The minimum Gasteiger partial charge on any atom is -0.365 e. The third-order valence-corrected chi connectivity index (χ3v) is 6.13. The molecule has 2 aliphatic heterocycles. The molecule has 5 atom stereocenters. The minimum absolute atomic E-state index is 0.105. The lowest BCUT2D eigenvalue weighted by Crippen LogP contribution is -2.57. The van der Waals surface area contributed by atoms with Gasteiger partial charge >= 0.3 is 0 Å². The standard InChI is InChI=1S/C26H42O5/c1-5-6-7-8-9-10-11-15-18-27-25-24(28-19-21-16-13-12-14-17-21)23-22(20(2)29-25)30-26(3,4)31-23/h12-14,16-17,20,22-25H,5-11,15,18-19H2,1-4H3/t20-,22+,23+,24-,25+/m0/s1. The number of fused-ring (bicyclic) bond motifs is 1. The van der Waals surface area contributed by atoms with Gasteiger partial charge in [0.05, 0.1) is 12.7 Å². The summed E-state index contributed by atoms with van der Waals surface area (Å²) in [6.45, 7) is 9.36. The molecule has 0 bridgehead atoms. The van der Waals surface area contributed by atoms with Gasteiger partial charge in [0.1, 0.15) is 18.3 Å². The molecule has 3 rings (SSSR count). The van der Waals surface area contributed by atoms with Crippen molar-refractivity contribution in [3.8, 4) is 0 Å². The summed E-state index contributed by atoms with van der Waals surface area (Å²) >= 11 is 0. The number of benzene rings is 1. The predicted molar refractivity (Wildman–Crippen MR) is 122 cm³/mol. The Hall–Kier alpha value is -0.980. The molecule has 0 unspecified atom stereocenters. The maximum Gasteiger partial charge on any atom is 0.186 e. The number of hydrogen-bond donors (Lipinski definition) is 0. The summed E-state index contributed by atoms with van der Waals surface area (Å²) in [5.41, 5.74) is 1.12.